The standard InChI is InChI=1S/C22H31NO3/c1-6-7-14-26-20-13-12-19(17-10-8-9-11-18(17)20)23-21(24)22(4,25-5)15-16(2)3/h8-13,16H,6-7,14-15H2,1-5H3,(H,23,24)/t22-/m0/s1. The second-order valence-electron chi connectivity index (χ2n) is 7.35. The number of unbranched alkanes of at least 4 members (excludes halogenated alkanes) is 1. The first-order chi connectivity index (χ1) is 12.4. The summed E-state index contributed by atoms with van der Waals surface area (Å²) < 4.78 is 11.5. The molecule has 0 aromatic heterocycles. The van der Waals surface area contributed by atoms with Crippen LogP contribution >= 0.6 is 0 Å². The minimum atomic E-state index is -0.856. The number of methoxy groups -OCH3 is 1. The monoisotopic (exact) mass is 357 g/mol. The number of carbonyl (C=O) groups is 1. The molecule has 4 nitrogen and oxygen atoms in total. The van der Waals surface area contributed by atoms with Crippen LogP contribution in [0.3, 0.4) is 0 Å². The lowest BCUT2D eigenvalue weighted by atomic mass is 9.93. The van der Waals surface area contributed by atoms with E-state index in [9.17, 15) is 4.79 Å². The van der Waals surface area contributed by atoms with Gasteiger partial charge in [-0.25, -0.2) is 0 Å². The van der Waals surface area contributed by atoms with Gasteiger partial charge in [0.15, 0.2) is 0 Å². The van der Waals surface area contributed by atoms with Crippen molar-refractivity contribution in [2.45, 2.75) is 52.6 Å². The van der Waals surface area contributed by atoms with Gasteiger partial charge in [0, 0.05) is 23.6 Å². The fourth-order valence-electron chi connectivity index (χ4n) is 3.14. The predicted molar refractivity (Wildman–Crippen MR) is 108 cm³/mol. The van der Waals surface area contributed by atoms with Crippen LogP contribution < -0.4 is 10.1 Å². The number of anilines is 1. The number of amides is 1. The van der Waals surface area contributed by atoms with Crippen molar-refractivity contribution < 1.29 is 14.3 Å². The van der Waals surface area contributed by atoms with Gasteiger partial charge in [0.2, 0.25) is 0 Å². The summed E-state index contributed by atoms with van der Waals surface area (Å²) in [6.07, 6.45) is 2.78. The van der Waals surface area contributed by atoms with Crippen LogP contribution in [-0.2, 0) is 9.53 Å². The van der Waals surface area contributed by atoms with Gasteiger partial charge >= 0.3 is 0 Å². The molecule has 2 rings (SSSR count). The number of nitrogens with one attached hydrogen (secondary N) is 1. The molecular formula is C22H31NO3. The maximum atomic E-state index is 12.9. The Morgan fingerprint density at radius 1 is 1.15 bits per heavy atom. The molecule has 0 radical (unpaired) electrons. The van der Waals surface area contributed by atoms with Crippen LogP contribution in [0.15, 0.2) is 36.4 Å². The van der Waals surface area contributed by atoms with Crippen LogP contribution in [0.4, 0.5) is 5.69 Å². The number of ether oxygens (including phenoxy) is 2. The Morgan fingerprint density at radius 2 is 1.85 bits per heavy atom. The third kappa shape index (κ3) is 4.76. The molecule has 0 heterocycles. The van der Waals surface area contributed by atoms with Gasteiger partial charge in [-0.1, -0.05) is 51.5 Å². The van der Waals surface area contributed by atoms with Gasteiger partial charge in [-0.3, -0.25) is 4.79 Å². The summed E-state index contributed by atoms with van der Waals surface area (Å²) in [7, 11) is 1.59. The lowest BCUT2D eigenvalue weighted by Crippen LogP contribution is -2.43. The first-order valence-electron chi connectivity index (χ1n) is 9.42. The smallest absolute Gasteiger partial charge is 0.256 e. The highest BCUT2D eigenvalue weighted by Gasteiger charge is 2.34. The SMILES string of the molecule is CCCCOc1ccc(NC(=O)[C@](C)(CC(C)C)OC)c2ccccc12. The highest BCUT2D eigenvalue weighted by atomic mass is 16.5. The predicted octanol–water partition coefficient (Wildman–Crippen LogP) is 5.41. The van der Waals surface area contributed by atoms with Crippen LogP contribution in [0, 0.1) is 5.92 Å². The van der Waals surface area contributed by atoms with E-state index < -0.39 is 5.60 Å². The highest BCUT2D eigenvalue weighted by molar-refractivity contribution is 6.06. The van der Waals surface area contributed by atoms with E-state index in [4.69, 9.17) is 9.47 Å². The van der Waals surface area contributed by atoms with Crippen molar-refractivity contribution in [3.8, 4) is 5.75 Å². The fourth-order valence-corrected chi connectivity index (χ4v) is 3.14. The number of hydrogen-bond acceptors (Lipinski definition) is 3. The van der Waals surface area contributed by atoms with E-state index in [-0.39, 0.29) is 5.91 Å². The molecule has 0 unspecified atom stereocenters. The first kappa shape index (κ1) is 20.2. The molecule has 142 valence electrons. The summed E-state index contributed by atoms with van der Waals surface area (Å²) in [5.74, 6) is 1.08. The largest absolute Gasteiger partial charge is 0.493 e. The van der Waals surface area contributed by atoms with Gasteiger partial charge in [-0.2, -0.15) is 0 Å². The second kappa shape index (κ2) is 9.04. The maximum Gasteiger partial charge on any atom is 0.256 e. The number of benzene rings is 2. The molecule has 2 aromatic rings. The molecule has 0 aliphatic rings. The van der Waals surface area contributed by atoms with Crippen molar-refractivity contribution in [3.05, 3.63) is 36.4 Å². The van der Waals surface area contributed by atoms with Crippen molar-refractivity contribution in [2.24, 2.45) is 5.92 Å². The van der Waals surface area contributed by atoms with E-state index in [1.54, 1.807) is 7.11 Å². The van der Waals surface area contributed by atoms with Gasteiger partial charge in [-0.05, 0) is 37.8 Å². The Morgan fingerprint density at radius 3 is 2.46 bits per heavy atom. The van der Waals surface area contributed by atoms with E-state index in [0.29, 0.717) is 18.9 Å². The van der Waals surface area contributed by atoms with E-state index in [1.165, 1.54) is 0 Å². The Labute approximate surface area is 156 Å². The number of rotatable bonds is 9. The average molecular weight is 357 g/mol. The van der Waals surface area contributed by atoms with Gasteiger partial charge < -0.3 is 14.8 Å². The van der Waals surface area contributed by atoms with Crippen molar-refractivity contribution in [1.29, 1.82) is 0 Å². The van der Waals surface area contributed by atoms with Crippen LogP contribution in [-0.4, -0.2) is 25.2 Å². The maximum absolute atomic E-state index is 12.9. The summed E-state index contributed by atoms with van der Waals surface area (Å²) in [6.45, 7) is 8.85. The second-order valence-corrected chi connectivity index (χ2v) is 7.35. The van der Waals surface area contributed by atoms with Crippen molar-refractivity contribution >= 4 is 22.4 Å². The zero-order chi connectivity index (χ0) is 19.2. The Balaban J connectivity index is 2.30. The summed E-state index contributed by atoms with van der Waals surface area (Å²) in [4.78, 5) is 12.9. The zero-order valence-electron chi connectivity index (χ0n) is 16.6. The van der Waals surface area contributed by atoms with Crippen molar-refractivity contribution in [3.63, 3.8) is 0 Å². The van der Waals surface area contributed by atoms with Gasteiger partial charge in [0.25, 0.3) is 5.91 Å². The molecule has 26 heavy (non-hydrogen) atoms. The molecule has 0 aliphatic heterocycles. The molecule has 1 N–H and O–H groups in total. The quantitative estimate of drug-likeness (QED) is 0.611. The van der Waals surface area contributed by atoms with Crippen molar-refractivity contribution in [1.82, 2.24) is 0 Å². The molecule has 0 saturated carbocycles. The molecule has 0 saturated heterocycles. The molecule has 0 aliphatic carbocycles. The highest BCUT2D eigenvalue weighted by Crippen LogP contribution is 2.33. The van der Waals surface area contributed by atoms with Crippen LogP contribution in [0.5, 0.6) is 5.75 Å². The molecule has 0 bridgehead atoms. The van der Waals surface area contributed by atoms with E-state index in [2.05, 4.69) is 26.1 Å². The fraction of sp³-hybridized carbons (Fsp3) is 0.500. The van der Waals surface area contributed by atoms with Gasteiger partial charge in [0.1, 0.15) is 11.4 Å². The molecule has 0 spiro atoms. The summed E-state index contributed by atoms with van der Waals surface area (Å²) in [5.41, 5.74) is -0.0774. The topological polar surface area (TPSA) is 47.6 Å². The Kier molecular flexibility index (Phi) is 7.04. The lowest BCUT2D eigenvalue weighted by molar-refractivity contribution is -0.137. The molecular weight excluding hydrogens is 326 g/mol. The zero-order valence-corrected chi connectivity index (χ0v) is 16.6. The summed E-state index contributed by atoms with van der Waals surface area (Å²) >= 11 is 0. The van der Waals surface area contributed by atoms with E-state index in [0.717, 1.165) is 35.1 Å². The Hall–Kier alpha value is -2.07. The normalized spacial score (nSPS) is 13.6. The van der Waals surface area contributed by atoms with Crippen LogP contribution in [0.2, 0.25) is 0 Å². The minimum absolute atomic E-state index is 0.126. The summed E-state index contributed by atoms with van der Waals surface area (Å²) in [6, 6.07) is 11.8. The molecule has 0 fully saturated rings. The molecule has 4 heteroatoms. The van der Waals surface area contributed by atoms with Gasteiger partial charge in [0.05, 0.1) is 6.61 Å². The lowest BCUT2D eigenvalue weighted by Gasteiger charge is -2.28. The molecule has 1 amide bonds. The van der Waals surface area contributed by atoms with E-state index in [1.807, 2.05) is 43.3 Å². The van der Waals surface area contributed by atoms with Crippen LogP contribution in [0.1, 0.15) is 47.0 Å². The Bertz CT molecular complexity index is 741. The number of hydrogen-bond donors (Lipinski definition) is 1. The molecule has 1 atom stereocenters. The first-order valence-corrected chi connectivity index (χ1v) is 9.42. The van der Waals surface area contributed by atoms with Gasteiger partial charge in [-0.15, -0.1) is 0 Å². The summed E-state index contributed by atoms with van der Waals surface area (Å²) in [5, 5.41) is 5.03. The van der Waals surface area contributed by atoms with Crippen molar-refractivity contribution in [2.75, 3.05) is 19.0 Å². The van der Waals surface area contributed by atoms with Crippen LogP contribution in [0.25, 0.3) is 10.8 Å². The third-order valence-electron chi connectivity index (χ3n) is 4.62. The average Bonchev–Trinajstić information content (AvgIpc) is 2.62. The van der Waals surface area contributed by atoms with E-state index >= 15 is 0 Å². The third-order valence-corrected chi connectivity index (χ3v) is 4.62. The minimum Gasteiger partial charge on any atom is -0.493 e. The number of fused-ring (bicyclic) bond motifs is 1. The molecule has 2 aromatic carbocycles. The number of carbonyl (C=O) groups excluding carboxylic acids is 1.